The number of rotatable bonds is 5. The number of benzene rings is 2. The number of carbonyl (C=O) groups is 2. The predicted molar refractivity (Wildman–Crippen MR) is 86.6 cm³/mol. The van der Waals surface area contributed by atoms with Gasteiger partial charge in [0.2, 0.25) is 5.91 Å². The number of hydrogen-bond donors (Lipinski definition) is 3. The summed E-state index contributed by atoms with van der Waals surface area (Å²) in [6.45, 7) is 2.24. The molecule has 0 saturated carbocycles. The highest BCUT2D eigenvalue weighted by Crippen LogP contribution is 2.12. The lowest BCUT2D eigenvalue weighted by Crippen LogP contribution is -2.26. The summed E-state index contributed by atoms with van der Waals surface area (Å²) in [5.74, 6) is -0.777. The maximum atomic E-state index is 12.1. The Kier molecular flexibility index (Phi) is 4.78. The van der Waals surface area contributed by atoms with Gasteiger partial charge in [-0.25, -0.2) is 0 Å². The number of para-hydroxylation sites is 1. The van der Waals surface area contributed by atoms with Gasteiger partial charge in [0.05, 0.1) is 0 Å². The normalized spacial score (nSPS) is 10.2. The van der Waals surface area contributed by atoms with Crippen molar-refractivity contribution in [2.24, 2.45) is 5.73 Å². The fourth-order valence-electron chi connectivity index (χ4n) is 2.20. The molecule has 2 aromatic carbocycles. The molecule has 0 aromatic heterocycles. The van der Waals surface area contributed by atoms with E-state index in [0.717, 1.165) is 11.1 Å². The van der Waals surface area contributed by atoms with Crippen LogP contribution in [0, 0.1) is 6.92 Å². The SMILES string of the molecule is Cc1ccc(C(=O)NCCc2ccccc2N)cc1C(N)=O. The van der Waals surface area contributed by atoms with E-state index in [1.54, 1.807) is 19.1 Å². The first-order valence-corrected chi connectivity index (χ1v) is 7.01. The van der Waals surface area contributed by atoms with Gasteiger partial charge >= 0.3 is 0 Å². The third kappa shape index (κ3) is 3.63. The van der Waals surface area contributed by atoms with E-state index in [0.29, 0.717) is 29.8 Å². The van der Waals surface area contributed by atoms with Crippen LogP contribution in [0.25, 0.3) is 0 Å². The zero-order valence-corrected chi connectivity index (χ0v) is 12.4. The highest BCUT2D eigenvalue weighted by Gasteiger charge is 2.11. The van der Waals surface area contributed by atoms with Crippen molar-refractivity contribution in [2.45, 2.75) is 13.3 Å². The zero-order chi connectivity index (χ0) is 16.1. The summed E-state index contributed by atoms with van der Waals surface area (Å²) >= 11 is 0. The van der Waals surface area contributed by atoms with Gasteiger partial charge in [-0.3, -0.25) is 9.59 Å². The maximum Gasteiger partial charge on any atom is 0.251 e. The van der Waals surface area contributed by atoms with Crippen LogP contribution in [0.4, 0.5) is 5.69 Å². The molecular weight excluding hydrogens is 278 g/mol. The minimum Gasteiger partial charge on any atom is -0.399 e. The van der Waals surface area contributed by atoms with Crippen LogP contribution in [0.3, 0.4) is 0 Å². The van der Waals surface area contributed by atoms with Crippen molar-refractivity contribution in [2.75, 3.05) is 12.3 Å². The van der Waals surface area contributed by atoms with Gasteiger partial charge in [-0.2, -0.15) is 0 Å². The Labute approximate surface area is 129 Å². The summed E-state index contributed by atoms with van der Waals surface area (Å²) in [5.41, 5.74) is 14.4. The first-order chi connectivity index (χ1) is 10.5. The first-order valence-electron chi connectivity index (χ1n) is 7.01. The number of nitrogens with two attached hydrogens (primary N) is 2. The number of amides is 2. The number of nitrogen functional groups attached to an aromatic ring is 1. The Morgan fingerprint density at radius 1 is 1.14 bits per heavy atom. The Balaban J connectivity index is 2.00. The largest absolute Gasteiger partial charge is 0.399 e. The second-order valence-corrected chi connectivity index (χ2v) is 5.10. The molecule has 2 amide bonds. The standard InChI is InChI=1S/C17H19N3O2/c1-11-6-7-13(10-14(11)16(19)21)17(22)20-9-8-12-4-2-3-5-15(12)18/h2-7,10H,8-9,18H2,1H3,(H2,19,21)(H,20,22). The second-order valence-electron chi connectivity index (χ2n) is 5.10. The predicted octanol–water partition coefficient (Wildman–Crippen LogP) is 1.65. The molecule has 0 bridgehead atoms. The smallest absolute Gasteiger partial charge is 0.251 e. The Hall–Kier alpha value is -2.82. The number of aryl methyl sites for hydroxylation is 1. The van der Waals surface area contributed by atoms with Crippen molar-refractivity contribution in [3.63, 3.8) is 0 Å². The summed E-state index contributed by atoms with van der Waals surface area (Å²) in [6.07, 6.45) is 0.646. The van der Waals surface area contributed by atoms with Crippen molar-refractivity contribution in [1.82, 2.24) is 5.32 Å². The molecule has 0 aliphatic heterocycles. The third-order valence-corrected chi connectivity index (χ3v) is 3.50. The second kappa shape index (κ2) is 6.76. The van der Waals surface area contributed by atoms with E-state index in [2.05, 4.69) is 5.32 Å². The van der Waals surface area contributed by atoms with Gasteiger partial charge in [-0.1, -0.05) is 24.3 Å². The van der Waals surface area contributed by atoms with Crippen LogP contribution in [-0.2, 0) is 6.42 Å². The van der Waals surface area contributed by atoms with Gasteiger partial charge in [-0.15, -0.1) is 0 Å². The van der Waals surface area contributed by atoms with Gasteiger partial charge in [0, 0.05) is 23.4 Å². The molecule has 2 aromatic rings. The molecule has 0 heterocycles. The lowest BCUT2D eigenvalue weighted by Gasteiger charge is -2.09. The van der Waals surface area contributed by atoms with E-state index in [4.69, 9.17) is 11.5 Å². The minimum absolute atomic E-state index is 0.239. The molecule has 0 saturated heterocycles. The van der Waals surface area contributed by atoms with Crippen molar-refractivity contribution in [3.8, 4) is 0 Å². The maximum absolute atomic E-state index is 12.1. The van der Waals surface area contributed by atoms with E-state index in [-0.39, 0.29) is 5.91 Å². The number of nitrogens with one attached hydrogen (secondary N) is 1. The van der Waals surface area contributed by atoms with E-state index < -0.39 is 5.91 Å². The summed E-state index contributed by atoms with van der Waals surface area (Å²) < 4.78 is 0. The lowest BCUT2D eigenvalue weighted by atomic mass is 10.0. The molecule has 5 N–H and O–H groups in total. The number of carbonyl (C=O) groups excluding carboxylic acids is 2. The van der Waals surface area contributed by atoms with Crippen molar-refractivity contribution >= 4 is 17.5 Å². The molecule has 0 spiro atoms. The average Bonchev–Trinajstić information content (AvgIpc) is 2.49. The number of hydrogen-bond acceptors (Lipinski definition) is 3. The fourth-order valence-corrected chi connectivity index (χ4v) is 2.20. The Morgan fingerprint density at radius 2 is 1.86 bits per heavy atom. The van der Waals surface area contributed by atoms with Crippen molar-refractivity contribution in [1.29, 1.82) is 0 Å². The molecule has 5 nitrogen and oxygen atoms in total. The molecule has 0 unspecified atom stereocenters. The molecule has 0 atom stereocenters. The van der Waals surface area contributed by atoms with E-state index in [1.807, 2.05) is 24.3 Å². The van der Waals surface area contributed by atoms with Gasteiger partial charge in [0.1, 0.15) is 0 Å². The average molecular weight is 297 g/mol. The molecule has 0 aliphatic rings. The molecule has 0 fully saturated rings. The van der Waals surface area contributed by atoms with Gasteiger partial charge in [0.25, 0.3) is 5.91 Å². The number of primary amides is 1. The van der Waals surface area contributed by atoms with Crippen LogP contribution in [0.1, 0.15) is 31.8 Å². The van der Waals surface area contributed by atoms with Crippen LogP contribution in [-0.4, -0.2) is 18.4 Å². The summed E-state index contributed by atoms with van der Waals surface area (Å²) in [5, 5.41) is 2.81. The van der Waals surface area contributed by atoms with Crippen LogP contribution in [0.15, 0.2) is 42.5 Å². The third-order valence-electron chi connectivity index (χ3n) is 3.50. The van der Waals surface area contributed by atoms with Crippen LogP contribution < -0.4 is 16.8 Å². The molecule has 114 valence electrons. The van der Waals surface area contributed by atoms with Crippen LogP contribution >= 0.6 is 0 Å². The van der Waals surface area contributed by atoms with Gasteiger partial charge < -0.3 is 16.8 Å². The van der Waals surface area contributed by atoms with Crippen LogP contribution in [0.5, 0.6) is 0 Å². The van der Waals surface area contributed by atoms with E-state index in [9.17, 15) is 9.59 Å². The molecule has 22 heavy (non-hydrogen) atoms. The Bertz CT molecular complexity index is 711. The Morgan fingerprint density at radius 3 is 2.55 bits per heavy atom. The van der Waals surface area contributed by atoms with Gasteiger partial charge in [0.15, 0.2) is 0 Å². The zero-order valence-electron chi connectivity index (χ0n) is 12.4. The molecule has 0 radical (unpaired) electrons. The lowest BCUT2D eigenvalue weighted by molar-refractivity contribution is 0.0954. The quantitative estimate of drug-likeness (QED) is 0.732. The number of anilines is 1. The fraction of sp³-hybridized carbons (Fsp3) is 0.176. The summed E-state index contributed by atoms with van der Waals surface area (Å²) in [6, 6.07) is 12.4. The first kappa shape index (κ1) is 15.6. The minimum atomic E-state index is -0.538. The monoisotopic (exact) mass is 297 g/mol. The molecular formula is C17H19N3O2. The van der Waals surface area contributed by atoms with E-state index >= 15 is 0 Å². The summed E-state index contributed by atoms with van der Waals surface area (Å²) in [4.78, 5) is 23.4. The molecule has 5 heteroatoms. The van der Waals surface area contributed by atoms with E-state index in [1.165, 1.54) is 6.07 Å². The highest BCUT2D eigenvalue weighted by atomic mass is 16.2. The van der Waals surface area contributed by atoms with Crippen LogP contribution in [0.2, 0.25) is 0 Å². The highest BCUT2D eigenvalue weighted by molar-refractivity contribution is 5.99. The summed E-state index contributed by atoms with van der Waals surface area (Å²) in [7, 11) is 0. The van der Waals surface area contributed by atoms with Crippen molar-refractivity contribution in [3.05, 3.63) is 64.7 Å². The van der Waals surface area contributed by atoms with Gasteiger partial charge in [-0.05, 0) is 42.7 Å². The molecule has 0 aliphatic carbocycles. The molecule has 2 rings (SSSR count). The topological polar surface area (TPSA) is 98.2 Å². The van der Waals surface area contributed by atoms with Crippen molar-refractivity contribution < 1.29 is 9.59 Å².